The Morgan fingerprint density at radius 2 is 2.14 bits per heavy atom. The minimum atomic E-state index is -4.09. The maximum atomic E-state index is 13.6. The predicted octanol–water partition coefficient (Wildman–Crippen LogP) is 0.689. The number of primary sulfonamides is 1. The van der Waals surface area contributed by atoms with Crippen molar-refractivity contribution in [2.75, 3.05) is 6.61 Å². The summed E-state index contributed by atoms with van der Waals surface area (Å²) >= 11 is 0. The molecule has 2 rings (SSSR count). The molecule has 21 heavy (non-hydrogen) atoms. The number of nitrogens with one attached hydrogen (secondary N) is 1. The van der Waals surface area contributed by atoms with Crippen LogP contribution in [0.1, 0.15) is 29.3 Å². The van der Waals surface area contributed by atoms with Crippen LogP contribution in [0, 0.1) is 12.7 Å². The van der Waals surface area contributed by atoms with Crippen molar-refractivity contribution in [1.29, 1.82) is 0 Å². The number of ether oxygens (including phenoxy) is 1. The molecule has 8 heteroatoms. The Bertz CT molecular complexity index is 675. The zero-order chi connectivity index (χ0) is 15.8. The normalized spacial score (nSPS) is 22.3. The van der Waals surface area contributed by atoms with Crippen molar-refractivity contribution in [3.63, 3.8) is 0 Å². The van der Waals surface area contributed by atoms with Gasteiger partial charge in [-0.1, -0.05) is 0 Å². The Morgan fingerprint density at radius 3 is 2.67 bits per heavy atom. The molecule has 0 spiro atoms. The lowest BCUT2D eigenvalue weighted by molar-refractivity contribution is 0.0865. The minimum absolute atomic E-state index is 0.0434. The Labute approximate surface area is 122 Å². The molecular weight excluding hydrogens is 299 g/mol. The van der Waals surface area contributed by atoms with E-state index in [-0.39, 0.29) is 28.2 Å². The van der Waals surface area contributed by atoms with Crippen molar-refractivity contribution in [2.45, 2.75) is 37.3 Å². The first-order valence-electron chi connectivity index (χ1n) is 6.45. The van der Waals surface area contributed by atoms with Crippen molar-refractivity contribution in [3.8, 4) is 0 Å². The van der Waals surface area contributed by atoms with Crippen LogP contribution < -0.4 is 10.5 Å². The van der Waals surface area contributed by atoms with E-state index in [2.05, 4.69) is 5.32 Å². The van der Waals surface area contributed by atoms with Crippen molar-refractivity contribution in [1.82, 2.24) is 5.32 Å². The topological polar surface area (TPSA) is 98.5 Å². The molecular formula is C13H17FN2O4S. The van der Waals surface area contributed by atoms with E-state index in [1.54, 1.807) is 0 Å². The van der Waals surface area contributed by atoms with Crippen LogP contribution in [0.15, 0.2) is 17.0 Å². The summed E-state index contributed by atoms with van der Waals surface area (Å²) in [7, 11) is -4.09. The highest BCUT2D eigenvalue weighted by molar-refractivity contribution is 7.89. The van der Waals surface area contributed by atoms with Crippen molar-refractivity contribution in [2.24, 2.45) is 5.14 Å². The van der Waals surface area contributed by atoms with Crippen molar-refractivity contribution < 1.29 is 22.3 Å². The van der Waals surface area contributed by atoms with Crippen LogP contribution in [0.3, 0.4) is 0 Å². The van der Waals surface area contributed by atoms with E-state index in [1.165, 1.54) is 6.92 Å². The number of sulfonamides is 1. The summed E-state index contributed by atoms with van der Waals surface area (Å²) in [5.41, 5.74) is 0.0843. The fourth-order valence-corrected chi connectivity index (χ4v) is 3.17. The van der Waals surface area contributed by atoms with Gasteiger partial charge in [0.15, 0.2) is 0 Å². The van der Waals surface area contributed by atoms with E-state index >= 15 is 0 Å². The molecule has 1 aromatic rings. The number of amides is 1. The van der Waals surface area contributed by atoms with Crippen LogP contribution in [0.25, 0.3) is 0 Å². The third kappa shape index (κ3) is 3.39. The second-order valence-electron chi connectivity index (χ2n) is 5.07. The first-order valence-corrected chi connectivity index (χ1v) is 8.00. The van der Waals surface area contributed by atoms with Gasteiger partial charge >= 0.3 is 0 Å². The molecule has 0 saturated carbocycles. The molecule has 1 aromatic carbocycles. The summed E-state index contributed by atoms with van der Waals surface area (Å²) in [6.07, 6.45) is 0.518. The third-order valence-corrected chi connectivity index (χ3v) is 4.61. The summed E-state index contributed by atoms with van der Waals surface area (Å²) in [5, 5.41) is 7.76. The van der Waals surface area contributed by atoms with Crippen LogP contribution in [0.5, 0.6) is 0 Å². The highest BCUT2D eigenvalue weighted by Crippen LogP contribution is 2.21. The molecule has 1 heterocycles. The van der Waals surface area contributed by atoms with Gasteiger partial charge in [0.25, 0.3) is 5.91 Å². The molecule has 1 aliphatic heterocycles. The quantitative estimate of drug-likeness (QED) is 0.857. The molecule has 6 nitrogen and oxygen atoms in total. The minimum Gasteiger partial charge on any atom is -0.376 e. The van der Waals surface area contributed by atoms with Crippen LogP contribution in [-0.2, 0) is 14.8 Å². The fraction of sp³-hybridized carbons (Fsp3) is 0.462. The molecule has 116 valence electrons. The molecule has 0 bridgehead atoms. The van der Waals surface area contributed by atoms with E-state index in [0.29, 0.717) is 13.0 Å². The molecule has 1 saturated heterocycles. The SMILES string of the molecule is Cc1c(C(=O)NC2CCOC2C)cc(F)cc1S(N)(=O)=O. The van der Waals surface area contributed by atoms with E-state index in [4.69, 9.17) is 9.88 Å². The Hall–Kier alpha value is -1.51. The molecule has 2 unspecified atom stereocenters. The third-order valence-electron chi connectivity index (χ3n) is 3.57. The van der Waals surface area contributed by atoms with Gasteiger partial charge in [-0.3, -0.25) is 4.79 Å². The van der Waals surface area contributed by atoms with Gasteiger partial charge in [-0.25, -0.2) is 17.9 Å². The number of hydrogen-bond acceptors (Lipinski definition) is 4. The predicted molar refractivity (Wildman–Crippen MR) is 73.8 cm³/mol. The summed E-state index contributed by atoms with van der Waals surface area (Å²) < 4.78 is 41.8. The number of carbonyl (C=O) groups excluding carboxylic acids is 1. The number of carbonyl (C=O) groups is 1. The lowest BCUT2D eigenvalue weighted by Crippen LogP contribution is -2.39. The van der Waals surface area contributed by atoms with Gasteiger partial charge in [-0.05, 0) is 38.0 Å². The fourth-order valence-electron chi connectivity index (χ4n) is 2.35. The standard InChI is InChI=1S/C13H17FN2O4S/c1-7-10(5-9(14)6-12(7)21(15,18)19)13(17)16-11-3-4-20-8(11)2/h5-6,8,11H,3-4H2,1-2H3,(H,16,17)(H2,15,18,19). The van der Waals surface area contributed by atoms with Crippen LogP contribution in [0.4, 0.5) is 4.39 Å². The average molecular weight is 316 g/mol. The lowest BCUT2D eigenvalue weighted by Gasteiger charge is -2.17. The monoisotopic (exact) mass is 316 g/mol. The van der Waals surface area contributed by atoms with Crippen LogP contribution in [-0.4, -0.2) is 33.1 Å². The summed E-state index contributed by atoms with van der Waals surface area (Å²) in [6.45, 7) is 3.78. The van der Waals surface area contributed by atoms with E-state index < -0.39 is 21.7 Å². The van der Waals surface area contributed by atoms with Gasteiger partial charge in [-0.2, -0.15) is 0 Å². The Balaban J connectivity index is 2.35. The summed E-state index contributed by atoms with van der Waals surface area (Å²) in [6, 6.07) is 1.63. The number of nitrogens with two attached hydrogens (primary N) is 1. The van der Waals surface area contributed by atoms with Gasteiger partial charge in [0, 0.05) is 12.2 Å². The maximum Gasteiger partial charge on any atom is 0.252 e. The first-order chi connectivity index (χ1) is 9.70. The molecule has 0 aromatic heterocycles. The zero-order valence-electron chi connectivity index (χ0n) is 11.7. The maximum absolute atomic E-state index is 13.6. The van der Waals surface area contributed by atoms with Gasteiger partial charge in [0.05, 0.1) is 17.0 Å². The van der Waals surface area contributed by atoms with Gasteiger partial charge in [0.2, 0.25) is 10.0 Å². The summed E-state index contributed by atoms with van der Waals surface area (Å²) in [5.74, 6) is -1.37. The molecule has 1 fully saturated rings. The number of hydrogen-bond donors (Lipinski definition) is 2. The van der Waals surface area contributed by atoms with Gasteiger partial charge in [0.1, 0.15) is 5.82 Å². The van der Waals surface area contributed by atoms with Gasteiger partial charge < -0.3 is 10.1 Å². The highest BCUT2D eigenvalue weighted by atomic mass is 32.2. The molecule has 3 N–H and O–H groups in total. The van der Waals surface area contributed by atoms with Crippen molar-refractivity contribution in [3.05, 3.63) is 29.1 Å². The molecule has 1 aliphatic rings. The zero-order valence-corrected chi connectivity index (χ0v) is 12.5. The second-order valence-corrected chi connectivity index (χ2v) is 6.60. The average Bonchev–Trinajstić information content (AvgIpc) is 2.76. The Morgan fingerprint density at radius 1 is 1.48 bits per heavy atom. The lowest BCUT2D eigenvalue weighted by atomic mass is 10.1. The Kier molecular flexibility index (Phi) is 4.31. The smallest absolute Gasteiger partial charge is 0.252 e. The highest BCUT2D eigenvalue weighted by Gasteiger charge is 2.27. The van der Waals surface area contributed by atoms with Crippen LogP contribution >= 0.6 is 0 Å². The number of benzene rings is 1. The second kappa shape index (κ2) is 5.70. The molecule has 2 atom stereocenters. The molecule has 0 aliphatic carbocycles. The summed E-state index contributed by atoms with van der Waals surface area (Å²) in [4.78, 5) is 11.8. The van der Waals surface area contributed by atoms with E-state index in [0.717, 1.165) is 12.1 Å². The largest absolute Gasteiger partial charge is 0.376 e. The number of halogens is 1. The van der Waals surface area contributed by atoms with Gasteiger partial charge in [-0.15, -0.1) is 0 Å². The molecule has 1 amide bonds. The van der Waals surface area contributed by atoms with E-state index in [9.17, 15) is 17.6 Å². The van der Waals surface area contributed by atoms with Crippen molar-refractivity contribution >= 4 is 15.9 Å². The van der Waals surface area contributed by atoms with E-state index in [1.807, 2.05) is 6.92 Å². The number of rotatable bonds is 3. The first kappa shape index (κ1) is 15.9. The molecule has 0 radical (unpaired) electrons. The van der Waals surface area contributed by atoms with Crippen LogP contribution in [0.2, 0.25) is 0 Å².